The molecular weight excluding hydrogens is 286 g/mol. The van der Waals surface area contributed by atoms with Crippen LogP contribution in [0.4, 0.5) is 11.4 Å². The molecular formula is C19H21N3O. The number of hydrogen-bond acceptors (Lipinski definition) is 3. The minimum Gasteiger partial charge on any atom is -0.365 e. The van der Waals surface area contributed by atoms with Crippen LogP contribution in [-0.2, 0) is 4.79 Å². The summed E-state index contributed by atoms with van der Waals surface area (Å²) in [6, 6.07) is 17.2. The first-order valence-electron chi connectivity index (χ1n) is 7.60. The van der Waals surface area contributed by atoms with Gasteiger partial charge in [0.2, 0.25) is 5.91 Å². The van der Waals surface area contributed by atoms with E-state index in [2.05, 4.69) is 25.2 Å². The number of likely N-dealkylation sites (N-methyl/N-ethyl adjacent to an activating group) is 1. The van der Waals surface area contributed by atoms with Gasteiger partial charge in [-0.15, -0.1) is 0 Å². The summed E-state index contributed by atoms with van der Waals surface area (Å²) in [6.07, 6.45) is 0. The Morgan fingerprint density at radius 1 is 1.22 bits per heavy atom. The fraction of sp³-hybridized carbons (Fsp3) is 0.263. The summed E-state index contributed by atoms with van der Waals surface area (Å²) in [7, 11) is 1.83. The molecule has 2 aromatic rings. The van der Waals surface area contributed by atoms with Gasteiger partial charge in [0, 0.05) is 18.4 Å². The SMILES string of the molecule is CC(C)c1ccc(NC(=O)CN(C)c2cccc(C#N)c2)cc1. The molecule has 0 aromatic heterocycles. The second-order valence-corrected chi connectivity index (χ2v) is 5.84. The molecule has 0 radical (unpaired) electrons. The quantitative estimate of drug-likeness (QED) is 0.915. The Balaban J connectivity index is 1.97. The van der Waals surface area contributed by atoms with E-state index in [4.69, 9.17) is 5.26 Å². The third-order valence-electron chi connectivity index (χ3n) is 3.66. The monoisotopic (exact) mass is 307 g/mol. The van der Waals surface area contributed by atoms with Gasteiger partial charge in [-0.1, -0.05) is 32.0 Å². The molecule has 0 atom stereocenters. The molecule has 118 valence electrons. The molecule has 0 saturated heterocycles. The van der Waals surface area contributed by atoms with Crippen molar-refractivity contribution in [2.75, 3.05) is 23.8 Å². The molecule has 0 unspecified atom stereocenters. The second kappa shape index (κ2) is 7.46. The van der Waals surface area contributed by atoms with Crippen molar-refractivity contribution in [1.29, 1.82) is 5.26 Å². The normalized spacial score (nSPS) is 10.2. The van der Waals surface area contributed by atoms with Crippen molar-refractivity contribution < 1.29 is 4.79 Å². The van der Waals surface area contributed by atoms with Crippen molar-refractivity contribution >= 4 is 17.3 Å². The molecule has 4 nitrogen and oxygen atoms in total. The Labute approximate surface area is 137 Å². The van der Waals surface area contributed by atoms with Crippen LogP contribution in [0.3, 0.4) is 0 Å². The van der Waals surface area contributed by atoms with E-state index in [0.717, 1.165) is 11.4 Å². The van der Waals surface area contributed by atoms with Gasteiger partial charge in [-0.25, -0.2) is 0 Å². The fourth-order valence-electron chi connectivity index (χ4n) is 2.27. The first kappa shape index (κ1) is 16.6. The molecule has 2 aromatic carbocycles. The average molecular weight is 307 g/mol. The Morgan fingerprint density at radius 3 is 2.52 bits per heavy atom. The average Bonchev–Trinajstić information content (AvgIpc) is 2.55. The number of anilines is 2. The molecule has 23 heavy (non-hydrogen) atoms. The zero-order valence-corrected chi connectivity index (χ0v) is 13.7. The lowest BCUT2D eigenvalue weighted by Crippen LogP contribution is -2.30. The summed E-state index contributed by atoms with van der Waals surface area (Å²) in [4.78, 5) is 14.0. The Kier molecular flexibility index (Phi) is 5.37. The van der Waals surface area contributed by atoms with Crippen molar-refractivity contribution in [3.63, 3.8) is 0 Å². The van der Waals surface area contributed by atoms with Gasteiger partial charge >= 0.3 is 0 Å². The predicted molar refractivity (Wildman–Crippen MR) is 93.6 cm³/mol. The van der Waals surface area contributed by atoms with E-state index in [0.29, 0.717) is 11.5 Å². The maximum atomic E-state index is 12.2. The minimum absolute atomic E-state index is 0.0906. The predicted octanol–water partition coefficient (Wildman–Crippen LogP) is 3.76. The molecule has 0 aliphatic heterocycles. The van der Waals surface area contributed by atoms with E-state index in [1.165, 1.54) is 5.56 Å². The summed E-state index contributed by atoms with van der Waals surface area (Å²) in [5, 5.41) is 11.8. The highest BCUT2D eigenvalue weighted by molar-refractivity contribution is 5.94. The smallest absolute Gasteiger partial charge is 0.243 e. The molecule has 0 aliphatic rings. The molecule has 4 heteroatoms. The molecule has 2 rings (SSSR count). The zero-order chi connectivity index (χ0) is 16.8. The van der Waals surface area contributed by atoms with Crippen LogP contribution in [0.25, 0.3) is 0 Å². The number of amides is 1. The lowest BCUT2D eigenvalue weighted by Gasteiger charge is -2.19. The van der Waals surface area contributed by atoms with Crippen LogP contribution in [0, 0.1) is 11.3 Å². The molecule has 0 fully saturated rings. The summed E-state index contributed by atoms with van der Waals surface area (Å²) in [5.41, 5.74) is 3.46. The highest BCUT2D eigenvalue weighted by Gasteiger charge is 2.09. The van der Waals surface area contributed by atoms with Crippen molar-refractivity contribution in [1.82, 2.24) is 0 Å². The lowest BCUT2D eigenvalue weighted by molar-refractivity contribution is -0.114. The maximum absolute atomic E-state index is 12.2. The molecule has 0 saturated carbocycles. The van der Waals surface area contributed by atoms with Crippen molar-refractivity contribution in [2.24, 2.45) is 0 Å². The Bertz CT molecular complexity index is 714. The minimum atomic E-state index is -0.0906. The molecule has 0 spiro atoms. The van der Waals surface area contributed by atoms with E-state index in [1.807, 2.05) is 48.3 Å². The number of nitrogens with one attached hydrogen (secondary N) is 1. The highest BCUT2D eigenvalue weighted by atomic mass is 16.2. The van der Waals surface area contributed by atoms with Crippen LogP contribution in [0.2, 0.25) is 0 Å². The van der Waals surface area contributed by atoms with Crippen LogP contribution in [0.1, 0.15) is 30.9 Å². The lowest BCUT2D eigenvalue weighted by atomic mass is 10.0. The van der Waals surface area contributed by atoms with Crippen LogP contribution in [-0.4, -0.2) is 19.5 Å². The summed E-state index contributed by atoms with van der Waals surface area (Å²) in [6.45, 7) is 4.50. The van der Waals surface area contributed by atoms with E-state index in [1.54, 1.807) is 12.1 Å². The van der Waals surface area contributed by atoms with Gasteiger partial charge in [-0.3, -0.25) is 4.79 Å². The van der Waals surface area contributed by atoms with E-state index < -0.39 is 0 Å². The number of rotatable bonds is 5. The zero-order valence-electron chi connectivity index (χ0n) is 13.7. The first-order valence-corrected chi connectivity index (χ1v) is 7.60. The molecule has 0 heterocycles. The number of nitrogens with zero attached hydrogens (tertiary/aromatic N) is 2. The van der Waals surface area contributed by atoms with Gasteiger partial charge in [0.15, 0.2) is 0 Å². The Hall–Kier alpha value is -2.80. The molecule has 1 N–H and O–H groups in total. The van der Waals surface area contributed by atoms with Gasteiger partial charge in [0.25, 0.3) is 0 Å². The maximum Gasteiger partial charge on any atom is 0.243 e. The van der Waals surface area contributed by atoms with Crippen molar-refractivity contribution in [3.8, 4) is 6.07 Å². The number of benzene rings is 2. The van der Waals surface area contributed by atoms with E-state index in [9.17, 15) is 4.79 Å². The fourth-order valence-corrected chi connectivity index (χ4v) is 2.27. The van der Waals surface area contributed by atoms with Gasteiger partial charge in [0.1, 0.15) is 0 Å². The standard InChI is InChI=1S/C19H21N3O/c1-14(2)16-7-9-17(10-8-16)21-19(23)13-22(3)18-6-4-5-15(11-18)12-20/h4-11,14H,13H2,1-3H3,(H,21,23). The van der Waals surface area contributed by atoms with Crippen LogP contribution >= 0.6 is 0 Å². The number of hydrogen-bond donors (Lipinski definition) is 1. The summed E-state index contributed by atoms with van der Waals surface area (Å²) < 4.78 is 0. The molecule has 1 amide bonds. The summed E-state index contributed by atoms with van der Waals surface area (Å²) in [5.74, 6) is 0.380. The topological polar surface area (TPSA) is 56.1 Å². The van der Waals surface area contributed by atoms with E-state index in [-0.39, 0.29) is 12.5 Å². The van der Waals surface area contributed by atoms with Gasteiger partial charge < -0.3 is 10.2 Å². The third kappa shape index (κ3) is 4.58. The molecule has 0 bridgehead atoms. The number of carbonyl (C=O) groups is 1. The van der Waals surface area contributed by atoms with E-state index >= 15 is 0 Å². The van der Waals surface area contributed by atoms with Gasteiger partial charge in [-0.2, -0.15) is 5.26 Å². The Morgan fingerprint density at radius 2 is 1.91 bits per heavy atom. The highest BCUT2D eigenvalue weighted by Crippen LogP contribution is 2.18. The first-order chi connectivity index (χ1) is 11.0. The summed E-state index contributed by atoms with van der Waals surface area (Å²) >= 11 is 0. The van der Waals surface area contributed by atoms with Crippen molar-refractivity contribution in [3.05, 3.63) is 59.7 Å². The molecule has 0 aliphatic carbocycles. The van der Waals surface area contributed by atoms with Crippen LogP contribution < -0.4 is 10.2 Å². The third-order valence-corrected chi connectivity index (χ3v) is 3.66. The van der Waals surface area contributed by atoms with Crippen molar-refractivity contribution in [2.45, 2.75) is 19.8 Å². The van der Waals surface area contributed by atoms with Gasteiger partial charge in [-0.05, 0) is 41.8 Å². The number of carbonyl (C=O) groups excluding carboxylic acids is 1. The van der Waals surface area contributed by atoms with Crippen LogP contribution in [0.15, 0.2) is 48.5 Å². The second-order valence-electron chi connectivity index (χ2n) is 5.84. The largest absolute Gasteiger partial charge is 0.365 e. The van der Waals surface area contributed by atoms with Crippen LogP contribution in [0.5, 0.6) is 0 Å². The number of nitriles is 1. The van der Waals surface area contributed by atoms with Gasteiger partial charge in [0.05, 0.1) is 18.2 Å².